The standard InChI is InChI=1S/C17H23N3OS/c1-17(18)10-5-4-6-12(17)16(21)19-11-9-15-20-13-7-2-3-8-14(13)22-15/h2-3,7-8,12H,4-6,9-11,18H2,1H3,(H,19,21). The number of thiazole rings is 1. The molecule has 1 aliphatic carbocycles. The molecule has 1 aliphatic rings. The molecule has 4 nitrogen and oxygen atoms in total. The van der Waals surface area contributed by atoms with Gasteiger partial charge in [-0.15, -0.1) is 11.3 Å². The SMILES string of the molecule is CC1(N)CCCCC1C(=O)NCCc1nc2ccccc2s1. The van der Waals surface area contributed by atoms with Crippen LogP contribution >= 0.6 is 11.3 Å². The smallest absolute Gasteiger partial charge is 0.224 e. The zero-order valence-corrected chi connectivity index (χ0v) is 13.8. The Morgan fingerprint density at radius 2 is 2.27 bits per heavy atom. The van der Waals surface area contributed by atoms with E-state index in [-0.39, 0.29) is 17.4 Å². The van der Waals surface area contributed by atoms with Crippen molar-refractivity contribution in [2.45, 2.75) is 44.6 Å². The zero-order valence-electron chi connectivity index (χ0n) is 13.0. The van der Waals surface area contributed by atoms with Gasteiger partial charge in [-0.05, 0) is 31.9 Å². The highest BCUT2D eigenvalue weighted by molar-refractivity contribution is 7.18. The lowest BCUT2D eigenvalue weighted by atomic mass is 9.74. The maximum absolute atomic E-state index is 12.4. The van der Waals surface area contributed by atoms with Gasteiger partial charge in [-0.3, -0.25) is 4.79 Å². The number of rotatable bonds is 4. The van der Waals surface area contributed by atoms with E-state index in [1.54, 1.807) is 11.3 Å². The van der Waals surface area contributed by atoms with Crippen LogP contribution in [0.2, 0.25) is 0 Å². The van der Waals surface area contributed by atoms with Crippen molar-refractivity contribution in [2.75, 3.05) is 6.54 Å². The van der Waals surface area contributed by atoms with E-state index >= 15 is 0 Å². The van der Waals surface area contributed by atoms with Gasteiger partial charge in [-0.25, -0.2) is 4.98 Å². The number of aromatic nitrogens is 1. The summed E-state index contributed by atoms with van der Waals surface area (Å²) in [6.45, 7) is 2.63. The zero-order chi connectivity index (χ0) is 15.6. The van der Waals surface area contributed by atoms with Gasteiger partial charge in [0.05, 0.1) is 21.1 Å². The van der Waals surface area contributed by atoms with Crippen LogP contribution in [0.15, 0.2) is 24.3 Å². The van der Waals surface area contributed by atoms with Gasteiger partial charge in [0.2, 0.25) is 5.91 Å². The van der Waals surface area contributed by atoms with Crippen molar-refractivity contribution in [3.05, 3.63) is 29.3 Å². The van der Waals surface area contributed by atoms with Gasteiger partial charge in [0.1, 0.15) is 0 Å². The lowest BCUT2D eigenvalue weighted by Crippen LogP contribution is -2.53. The van der Waals surface area contributed by atoms with Gasteiger partial charge in [-0.2, -0.15) is 0 Å². The first kappa shape index (κ1) is 15.4. The third kappa shape index (κ3) is 3.31. The lowest BCUT2D eigenvalue weighted by Gasteiger charge is -2.37. The van der Waals surface area contributed by atoms with Crippen molar-refractivity contribution in [1.29, 1.82) is 0 Å². The quantitative estimate of drug-likeness (QED) is 0.911. The van der Waals surface area contributed by atoms with Gasteiger partial charge in [0, 0.05) is 18.5 Å². The fourth-order valence-corrected chi connectivity index (χ4v) is 4.20. The van der Waals surface area contributed by atoms with E-state index in [1.165, 1.54) is 4.70 Å². The Balaban J connectivity index is 1.55. The number of hydrogen-bond donors (Lipinski definition) is 2. The monoisotopic (exact) mass is 317 g/mol. The molecule has 2 atom stereocenters. The highest BCUT2D eigenvalue weighted by atomic mass is 32.1. The number of nitrogens with two attached hydrogens (primary N) is 1. The van der Waals surface area contributed by atoms with E-state index in [9.17, 15) is 4.79 Å². The van der Waals surface area contributed by atoms with Crippen LogP contribution < -0.4 is 11.1 Å². The topological polar surface area (TPSA) is 68.0 Å². The number of nitrogens with one attached hydrogen (secondary N) is 1. The number of benzene rings is 1. The molecule has 2 aromatic rings. The molecular weight excluding hydrogens is 294 g/mol. The van der Waals surface area contributed by atoms with Crippen molar-refractivity contribution in [2.24, 2.45) is 11.7 Å². The summed E-state index contributed by atoms with van der Waals surface area (Å²) in [5, 5.41) is 4.12. The molecule has 5 heteroatoms. The fraction of sp³-hybridized carbons (Fsp3) is 0.529. The molecular formula is C17H23N3OS. The highest BCUT2D eigenvalue weighted by Gasteiger charge is 2.37. The van der Waals surface area contributed by atoms with E-state index in [2.05, 4.69) is 16.4 Å². The van der Waals surface area contributed by atoms with Crippen LogP contribution in [0.25, 0.3) is 10.2 Å². The average Bonchev–Trinajstić information content (AvgIpc) is 2.89. The van der Waals surface area contributed by atoms with E-state index in [1.807, 2.05) is 25.1 Å². The highest BCUT2D eigenvalue weighted by Crippen LogP contribution is 2.31. The number of para-hydroxylation sites is 1. The Kier molecular flexibility index (Phi) is 4.45. The minimum absolute atomic E-state index is 0.0587. The molecule has 3 N–H and O–H groups in total. The number of carbonyl (C=O) groups excluding carboxylic acids is 1. The lowest BCUT2D eigenvalue weighted by molar-refractivity contribution is -0.128. The van der Waals surface area contributed by atoms with Crippen molar-refractivity contribution in [3.8, 4) is 0 Å². The Labute approximate surface area is 135 Å². The molecule has 1 aromatic carbocycles. The third-order valence-electron chi connectivity index (χ3n) is 4.55. The summed E-state index contributed by atoms with van der Waals surface area (Å²) < 4.78 is 1.20. The van der Waals surface area contributed by atoms with Gasteiger partial charge in [-0.1, -0.05) is 25.0 Å². The number of amides is 1. The molecule has 22 heavy (non-hydrogen) atoms. The van der Waals surface area contributed by atoms with Gasteiger partial charge in [0.15, 0.2) is 0 Å². The first-order valence-electron chi connectivity index (χ1n) is 7.97. The summed E-state index contributed by atoms with van der Waals surface area (Å²) in [6.07, 6.45) is 4.84. The van der Waals surface area contributed by atoms with Gasteiger partial charge >= 0.3 is 0 Å². The Morgan fingerprint density at radius 3 is 3.05 bits per heavy atom. The van der Waals surface area contributed by atoms with Crippen LogP contribution in [0.4, 0.5) is 0 Å². The molecule has 0 spiro atoms. The Bertz CT molecular complexity index is 632. The van der Waals surface area contributed by atoms with Crippen LogP contribution in [0.5, 0.6) is 0 Å². The predicted molar refractivity (Wildman–Crippen MR) is 90.9 cm³/mol. The second kappa shape index (κ2) is 6.34. The molecule has 1 aromatic heterocycles. The van der Waals surface area contributed by atoms with E-state index in [0.29, 0.717) is 6.54 Å². The third-order valence-corrected chi connectivity index (χ3v) is 5.64. The maximum Gasteiger partial charge on any atom is 0.224 e. The van der Waals surface area contributed by atoms with Crippen LogP contribution in [-0.2, 0) is 11.2 Å². The van der Waals surface area contributed by atoms with Crippen LogP contribution in [0, 0.1) is 5.92 Å². The molecule has 2 unspecified atom stereocenters. The molecule has 1 saturated carbocycles. The first-order valence-corrected chi connectivity index (χ1v) is 8.79. The molecule has 118 valence electrons. The van der Waals surface area contributed by atoms with E-state index in [4.69, 9.17) is 5.73 Å². The second-order valence-corrected chi connectivity index (χ2v) is 7.54. The first-order chi connectivity index (χ1) is 10.6. The summed E-state index contributed by atoms with van der Waals surface area (Å²) in [4.78, 5) is 17.0. The predicted octanol–water partition coefficient (Wildman–Crippen LogP) is 2.86. The van der Waals surface area contributed by atoms with E-state index < -0.39 is 0 Å². The summed E-state index contributed by atoms with van der Waals surface area (Å²) in [5.41, 5.74) is 6.96. The van der Waals surface area contributed by atoms with E-state index in [0.717, 1.165) is 42.6 Å². The summed E-state index contributed by atoms with van der Waals surface area (Å²) in [6, 6.07) is 8.13. The van der Waals surface area contributed by atoms with Crippen LogP contribution in [0.1, 0.15) is 37.6 Å². The minimum Gasteiger partial charge on any atom is -0.355 e. The second-order valence-electron chi connectivity index (χ2n) is 6.42. The van der Waals surface area contributed by atoms with Crippen molar-refractivity contribution >= 4 is 27.5 Å². The van der Waals surface area contributed by atoms with Crippen molar-refractivity contribution in [1.82, 2.24) is 10.3 Å². The number of carbonyl (C=O) groups is 1. The summed E-state index contributed by atoms with van der Waals surface area (Å²) >= 11 is 1.70. The average molecular weight is 317 g/mol. The largest absolute Gasteiger partial charge is 0.355 e. The number of fused-ring (bicyclic) bond motifs is 1. The van der Waals surface area contributed by atoms with Crippen LogP contribution in [-0.4, -0.2) is 23.0 Å². The summed E-state index contributed by atoms with van der Waals surface area (Å²) in [5.74, 6) is 0.0439. The Hall–Kier alpha value is -1.46. The number of nitrogens with zero attached hydrogens (tertiary/aromatic N) is 1. The molecule has 0 radical (unpaired) electrons. The molecule has 1 heterocycles. The molecule has 1 amide bonds. The normalized spacial score (nSPS) is 25.3. The molecule has 3 rings (SSSR count). The van der Waals surface area contributed by atoms with Crippen LogP contribution in [0.3, 0.4) is 0 Å². The number of hydrogen-bond acceptors (Lipinski definition) is 4. The molecule has 1 fully saturated rings. The van der Waals surface area contributed by atoms with Crippen molar-refractivity contribution < 1.29 is 4.79 Å². The van der Waals surface area contributed by atoms with Gasteiger partial charge in [0.25, 0.3) is 0 Å². The molecule has 0 saturated heterocycles. The fourth-order valence-electron chi connectivity index (χ4n) is 3.23. The van der Waals surface area contributed by atoms with Gasteiger partial charge < -0.3 is 11.1 Å². The Morgan fingerprint density at radius 1 is 1.45 bits per heavy atom. The summed E-state index contributed by atoms with van der Waals surface area (Å²) in [7, 11) is 0. The maximum atomic E-state index is 12.4. The minimum atomic E-state index is -0.363. The molecule has 0 aliphatic heterocycles. The van der Waals surface area contributed by atoms with Crippen molar-refractivity contribution in [3.63, 3.8) is 0 Å². The molecule has 0 bridgehead atoms.